The number of aliphatic hydroxyl groups is 2. The molecule has 1 aliphatic rings. The smallest absolute Gasteiger partial charge is 0.311 e. The Morgan fingerprint density at radius 1 is 1.10 bits per heavy atom. The van der Waals surface area contributed by atoms with Crippen LogP contribution in [0.4, 0.5) is 0 Å². The average molecular weight is 302 g/mol. The Hall–Kier alpha value is -1.14. The second-order valence-electron chi connectivity index (χ2n) is 6.19. The van der Waals surface area contributed by atoms with Crippen molar-refractivity contribution < 1.29 is 29.3 Å². The Morgan fingerprint density at radius 3 is 2.29 bits per heavy atom. The summed E-state index contributed by atoms with van der Waals surface area (Å²) >= 11 is 0. The summed E-state index contributed by atoms with van der Waals surface area (Å²) in [6.07, 6.45) is 0.141. The molecule has 1 aliphatic carbocycles. The lowest BCUT2D eigenvalue weighted by Gasteiger charge is -2.28. The van der Waals surface area contributed by atoms with Crippen LogP contribution in [-0.2, 0) is 19.1 Å². The van der Waals surface area contributed by atoms with E-state index in [0.717, 1.165) is 0 Å². The normalized spacial score (nSPS) is 26.2. The maximum absolute atomic E-state index is 11.8. The van der Waals surface area contributed by atoms with Crippen molar-refractivity contribution in [3.8, 4) is 0 Å². The molecule has 0 bridgehead atoms. The number of hydrogen-bond acceptors (Lipinski definition) is 6. The molecule has 3 unspecified atom stereocenters. The monoisotopic (exact) mass is 302 g/mol. The van der Waals surface area contributed by atoms with Gasteiger partial charge < -0.3 is 19.7 Å². The summed E-state index contributed by atoms with van der Waals surface area (Å²) in [5, 5.41) is 18.9. The number of ether oxygens (including phenoxy) is 2. The average Bonchev–Trinajstić information content (AvgIpc) is 2.45. The van der Waals surface area contributed by atoms with Gasteiger partial charge in [0.1, 0.15) is 13.2 Å². The lowest BCUT2D eigenvalue weighted by atomic mass is 9.85. The predicted molar refractivity (Wildman–Crippen MR) is 75.3 cm³/mol. The number of rotatable bonds is 6. The number of carbonyl (C=O) groups is 2. The zero-order valence-corrected chi connectivity index (χ0v) is 13.0. The Bertz CT molecular complexity index is 365. The van der Waals surface area contributed by atoms with Crippen molar-refractivity contribution in [2.45, 2.75) is 58.7 Å². The van der Waals surface area contributed by atoms with Gasteiger partial charge in [-0.2, -0.15) is 0 Å². The van der Waals surface area contributed by atoms with Gasteiger partial charge in [0, 0.05) is 0 Å². The van der Waals surface area contributed by atoms with E-state index in [9.17, 15) is 19.8 Å². The molecule has 0 aromatic carbocycles. The molecule has 0 amide bonds. The Labute approximate surface area is 125 Å². The van der Waals surface area contributed by atoms with Crippen molar-refractivity contribution in [3.63, 3.8) is 0 Å². The highest BCUT2D eigenvalue weighted by Gasteiger charge is 2.32. The fraction of sp³-hybridized carbons (Fsp3) is 0.867. The molecule has 0 spiro atoms. The third kappa shape index (κ3) is 5.28. The van der Waals surface area contributed by atoms with Gasteiger partial charge in [-0.1, -0.05) is 6.92 Å². The molecule has 0 aliphatic heterocycles. The minimum Gasteiger partial charge on any atom is -0.462 e. The molecule has 0 radical (unpaired) electrons. The SMILES string of the molecule is CCC(C)(C)C(=O)OCCOC(=O)C1CCC(O)C(O)C1. The molecule has 1 rings (SSSR count). The molecule has 0 saturated heterocycles. The second-order valence-corrected chi connectivity index (χ2v) is 6.19. The first-order chi connectivity index (χ1) is 9.77. The molecule has 6 heteroatoms. The van der Waals surface area contributed by atoms with Crippen LogP contribution in [0.5, 0.6) is 0 Å². The minimum absolute atomic E-state index is 0.0134. The van der Waals surface area contributed by atoms with Crippen LogP contribution >= 0.6 is 0 Å². The summed E-state index contributed by atoms with van der Waals surface area (Å²) in [4.78, 5) is 23.5. The van der Waals surface area contributed by atoms with Crippen molar-refractivity contribution in [2.24, 2.45) is 11.3 Å². The van der Waals surface area contributed by atoms with Crippen molar-refractivity contribution in [2.75, 3.05) is 13.2 Å². The molecule has 1 saturated carbocycles. The molecule has 0 heterocycles. The third-order valence-electron chi connectivity index (χ3n) is 4.11. The van der Waals surface area contributed by atoms with E-state index in [0.29, 0.717) is 19.3 Å². The topological polar surface area (TPSA) is 93.1 Å². The van der Waals surface area contributed by atoms with E-state index in [1.54, 1.807) is 13.8 Å². The van der Waals surface area contributed by atoms with Crippen molar-refractivity contribution in [1.82, 2.24) is 0 Å². The Balaban J connectivity index is 2.24. The fourth-order valence-electron chi connectivity index (χ4n) is 2.08. The standard InChI is InChI=1S/C15H26O6/c1-4-15(2,3)14(19)21-8-7-20-13(18)10-5-6-11(16)12(17)9-10/h10-12,16-17H,4-9H2,1-3H3. The summed E-state index contributed by atoms with van der Waals surface area (Å²) in [5.41, 5.74) is -0.534. The molecule has 0 aromatic rings. The van der Waals surface area contributed by atoms with E-state index in [1.165, 1.54) is 0 Å². The van der Waals surface area contributed by atoms with Crippen LogP contribution in [-0.4, -0.2) is 47.6 Å². The minimum atomic E-state index is -0.875. The van der Waals surface area contributed by atoms with Crippen LogP contribution in [0.3, 0.4) is 0 Å². The lowest BCUT2D eigenvalue weighted by molar-refractivity contribution is -0.162. The molecule has 2 N–H and O–H groups in total. The maximum atomic E-state index is 11.8. The van der Waals surface area contributed by atoms with E-state index in [4.69, 9.17) is 9.47 Å². The fourth-order valence-corrected chi connectivity index (χ4v) is 2.08. The molecule has 1 fully saturated rings. The zero-order valence-electron chi connectivity index (χ0n) is 13.0. The molecule has 0 aromatic heterocycles. The summed E-state index contributed by atoms with van der Waals surface area (Å²) in [6, 6.07) is 0. The van der Waals surface area contributed by atoms with E-state index in [2.05, 4.69) is 0 Å². The van der Waals surface area contributed by atoms with Crippen molar-refractivity contribution >= 4 is 11.9 Å². The van der Waals surface area contributed by atoms with Gasteiger partial charge in [0.05, 0.1) is 23.5 Å². The molecule has 6 nitrogen and oxygen atoms in total. The summed E-state index contributed by atoms with van der Waals surface area (Å²) in [6.45, 7) is 5.56. The predicted octanol–water partition coefficient (Wildman–Crippen LogP) is 1.03. The molecule has 122 valence electrons. The lowest BCUT2D eigenvalue weighted by Crippen LogP contribution is -2.37. The van der Waals surface area contributed by atoms with Crippen LogP contribution in [0.2, 0.25) is 0 Å². The van der Waals surface area contributed by atoms with E-state index in [-0.39, 0.29) is 25.6 Å². The number of hydrogen-bond donors (Lipinski definition) is 2. The highest BCUT2D eigenvalue weighted by atomic mass is 16.6. The highest BCUT2D eigenvalue weighted by Crippen LogP contribution is 2.25. The van der Waals surface area contributed by atoms with Gasteiger partial charge in [0.2, 0.25) is 0 Å². The molecular formula is C15H26O6. The zero-order chi connectivity index (χ0) is 16.0. The number of carbonyl (C=O) groups excluding carboxylic acids is 2. The van der Waals surface area contributed by atoms with Crippen LogP contribution in [0.1, 0.15) is 46.5 Å². The second kappa shape index (κ2) is 7.75. The van der Waals surface area contributed by atoms with Gasteiger partial charge in [-0.3, -0.25) is 9.59 Å². The first kappa shape index (κ1) is 17.9. The van der Waals surface area contributed by atoms with Crippen molar-refractivity contribution in [3.05, 3.63) is 0 Å². The van der Waals surface area contributed by atoms with Gasteiger partial charge in [-0.05, 0) is 39.5 Å². The number of aliphatic hydroxyl groups excluding tert-OH is 2. The van der Waals surface area contributed by atoms with Crippen LogP contribution < -0.4 is 0 Å². The van der Waals surface area contributed by atoms with Gasteiger partial charge >= 0.3 is 11.9 Å². The first-order valence-corrected chi connectivity index (χ1v) is 7.48. The highest BCUT2D eigenvalue weighted by molar-refractivity contribution is 5.76. The van der Waals surface area contributed by atoms with Crippen LogP contribution in [0.25, 0.3) is 0 Å². The van der Waals surface area contributed by atoms with Crippen molar-refractivity contribution in [1.29, 1.82) is 0 Å². The Morgan fingerprint density at radius 2 is 1.71 bits per heavy atom. The van der Waals surface area contributed by atoms with Gasteiger partial charge in [-0.25, -0.2) is 0 Å². The van der Waals surface area contributed by atoms with Crippen LogP contribution in [0.15, 0.2) is 0 Å². The Kier molecular flexibility index (Phi) is 6.61. The largest absolute Gasteiger partial charge is 0.462 e. The molecular weight excluding hydrogens is 276 g/mol. The molecule has 21 heavy (non-hydrogen) atoms. The third-order valence-corrected chi connectivity index (χ3v) is 4.11. The maximum Gasteiger partial charge on any atom is 0.311 e. The summed E-state index contributed by atoms with van der Waals surface area (Å²) in [7, 11) is 0. The summed E-state index contributed by atoms with van der Waals surface area (Å²) < 4.78 is 10.1. The van der Waals surface area contributed by atoms with E-state index >= 15 is 0 Å². The molecule has 3 atom stereocenters. The van der Waals surface area contributed by atoms with Gasteiger partial charge in [-0.15, -0.1) is 0 Å². The van der Waals surface area contributed by atoms with Gasteiger partial charge in [0.25, 0.3) is 0 Å². The van der Waals surface area contributed by atoms with E-state index < -0.39 is 29.5 Å². The van der Waals surface area contributed by atoms with Crippen LogP contribution in [0, 0.1) is 11.3 Å². The van der Waals surface area contributed by atoms with Gasteiger partial charge in [0.15, 0.2) is 0 Å². The first-order valence-electron chi connectivity index (χ1n) is 7.48. The van der Waals surface area contributed by atoms with E-state index in [1.807, 2.05) is 6.92 Å². The quantitative estimate of drug-likeness (QED) is 0.562. The number of esters is 2. The summed E-state index contributed by atoms with van der Waals surface area (Å²) in [5.74, 6) is -1.12.